The van der Waals surface area contributed by atoms with Crippen LogP contribution in [0.2, 0.25) is 0 Å². The lowest BCUT2D eigenvalue weighted by molar-refractivity contribution is 0.536. The highest BCUT2D eigenvalue weighted by Gasteiger charge is 2.07. The van der Waals surface area contributed by atoms with Crippen molar-refractivity contribution in [3.05, 3.63) is 30.1 Å². The van der Waals surface area contributed by atoms with Crippen molar-refractivity contribution in [1.29, 1.82) is 0 Å². The number of aromatic nitrogens is 5. The van der Waals surface area contributed by atoms with E-state index in [9.17, 15) is 0 Å². The molecular formula is C9H14N6. The van der Waals surface area contributed by atoms with Crippen molar-refractivity contribution in [2.45, 2.75) is 19.5 Å². The molecule has 0 saturated carbocycles. The molecule has 2 aromatic rings. The molecule has 6 heteroatoms. The number of nitrogens with zero attached hydrogens (tertiary/aromatic N) is 4. The second-order valence-electron chi connectivity index (χ2n) is 3.47. The fourth-order valence-corrected chi connectivity index (χ4v) is 1.33. The normalized spacial score (nSPS) is 12.9. The number of rotatable bonds is 4. The van der Waals surface area contributed by atoms with Gasteiger partial charge >= 0.3 is 0 Å². The van der Waals surface area contributed by atoms with Gasteiger partial charge in [0.25, 0.3) is 0 Å². The molecule has 1 atom stereocenters. The number of nitrogens with one attached hydrogen (secondary N) is 2. The molecule has 0 fully saturated rings. The molecule has 2 rings (SSSR count). The average Bonchev–Trinajstić information content (AvgIpc) is 2.85. The summed E-state index contributed by atoms with van der Waals surface area (Å²) in [6.07, 6.45) is 3.44. The van der Waals surface area contributed by atoms with E-state index in [-0.39, 0.29) is 6.04 Å². The first-order valence-electron chi connectivity index (χ1n) is 4.83. The zero-order chi connectivity index (χ0) is 10.7. The molecule has 0 aliphatic carbocycles. The van der Waals surface area contributed by atoms with E-state index in [1.54, 1.807) is 12.5 Å². The van der Waals surface area contributed by atoms with Gasteiger partial charge < -0.3 is 9.88 Å². The topological polar surface area (TPSA) is 71.4 Å². The minimum Gasteiger partial charge on any atom is -0.320 e. The van der Waals surface area contributed by atoms with E-state index in [1.807, 2.05) is 17.7 Å². The van der Waals surface area contributed by atoms with E-state index in [2.05, 4.69) is 32.6 Å². The molecular weight excluding hydrogens is 192 g/mol. The molecule has 2 aromatic heterocycles. The van der Waals surface area contributed by atoms with Gasteiger partial charge in [0.05, 0.1) is 12.2 Å². The summed E-state index contributed by atoms with van der Waals surface area (Å²) in [6, 6.07) is 2.18. The molecule has 2 N–H and O–H groups in total. The van der Waals surface area contributed by atoms with Gasteiger partial charge in [0.2, 0.25) is 0 Å². The van der Waals surface area contributed by atoms with E-state index in [0.29, 0.717) is 6.54 Å². The Balaban J connectivity index is 1.91. The van der Waals surface area contributed by atoms with Crippen molar-refractivity contribution in [3.63, 3.8) is 0 Å². The third kappa shape index (κ3) is 2.21. The van der Waals surface area contributed by atoms with Crippen molar-refractivity contribution in [2.24, 2.45) is 7.05 Å². The predicted molar refractivity (Wildman–Crippen MR) is 54.8 cm³/mol. The quantitative estimate of drug-likeness (QED) is 0.759. The third-order valence-corrected chi connectivity index (χ3v) is 2.36. The van der Waals surface area contributed by atoms with Gasteiger partial charge in [-0.05, 0) is 13.0 Å². The molecule has 15 heavy (non-hydrogen) atoms. The first-order valence-corrected chi connectivity index (χ1v) is 4.83. The molecule has 0 radical (unpaired) electrons. The molecule has 1 unspecified atom stereocenters. The van der Waals surface area contributed by atoms with Crippen LogP contribution >= 0.6 is 0 Å². The lowest BCUT2D eigenvalue weighted by Gasteiger charge is -2.10. The van der Waals surface area contributed by atoms with Gasteiger partial charge in [0, 0.05) is 19.3 Å². The van der Waals surface area contributed by atoms with Crippen LogP contribution < -0.4 is 5.32 Å². The molecule has 2 heterocycles. The lowest BCUT2D eigenvalue weighted by atomic mass is 10.2. The Morgan fingerprint density at radius 1 is 1.60 bits per heavy atom. The summed E-state index contributed by atoms with van der Waals surface area (Å²) >= 11 is 0. The standard InChI is InChI=1S/C9H14N6/c1-7(8-3-4-11-13-8)10-5-9-14-12-6-15(9)2/h3-4,6-7,10H,5H2,1-2H3,(H,11,13). The Bertz CT molecular complexity index is 404. The van der Waals surface area contributed by atoms with Crippen LogP contribution in [-0.2, 0) is 13.6 Å². The van der Waals surface area contributed by atoms with Gasteiger partial charge in [-0.3, -0.25) is 5.10 Å². The Morgan fingerprint density at radius 3 is 3.07 bits per heavy atom. The van der Waals surface area contributed by atoms with Crippen LogP contribution in [0.25, 0.3) is 0 Å². The van der Waals surface area contributed by atoms with Crippen molar-refractivity contribution in [1.82, 2.24) is 30.3 Å². The molecule has 80 valence electrons. The van der Waals surface area contributed by atoms with Crippen LogP contribution in [0.4, 0.5) is 0 Å². The van der Waals surface area contributed by atoms with Crippen molar-refractivity contribution in [3.8, 4) is 0 Å². The summed E-state index contributed by atoms with van der Waals surface area (Å²) < 4.78 is 1.90. The highest BCUT2D eigenvalue weighted by Crippen LogP contribution is 2.07. The highest BCUT2D eigenvalue weighted by molar-refractivity contribution is 5.03. The molecule has 0 aliphatic heterocycles. The van der Waals surface area contributed by atoms with Crippen LogP contribution in [-0.4, -0.2) is 25.0 Å². The van der Waals surface area contributed by atoms with E-state index in [4.69, 9.17) is 0 Å². The molecule has 6 nitrogen and oxygen atoms in total. The SMILES string of the molecule is CC(NCc1nncn1C)c1ccn[nH]1. The number of aromatic amines is 1. The van der Waals surface area contributed by atoms with Gasteiger partial charge in [0.15, 0.2) is 0 Å². The summed E-state index contributed by atoms with van der Waals surface area (Å²) in [7, 11) is 1.93. The summed E-state index contributed by atoms with van der Waals surface area (Å²) in [5, 5.41) is 18.0. The van der Waals surface area contributed by atoms with Gasteiger partial charge in [0.1, 0.15) is 12.2 Å². The van der Waals surface area contributed by atoms with Crippen molar-refractivity contribution >= 4 is 0 Å². The Hall–Kier alpha value is -1.69. The largest absolute Gasteiger partial charge is 0.320 e. The number of hydrogen-bond acceptors (Lipinski definition) is 4. The number of H-pyrrole nitrogens is 1. The Kier molecular flexibility index (Phi) is 2.77. The van der Waals surface area contributed by atoms with Gasteiger partial charge in [-0.2, -0.15) is 5.10 Å². The van der Waals surface area contributed by atoms with Crippen LogP contribution in [0, 0.1) is 0 Å². The Morgan fingerprint density at radius 2 is 2.47 bits per heavy atom. The summed E-state index contributed by atoms with van der Waals surface area (Å²) in [5.74, 6) is 0.918. The van der Waals surface area contributed by atoms with Gasteiger partial charge in [-0.1, -0.05) is 0 Å². The van der Waals surface area contributed by atoms with E-state index in [0.717, 1.165) is 11.5 Å². The zero-order valence-electron chi connectivity index (χ0n) is 8.81. The first kappa shape index (κ1) is 9.85. The van der Waals surface area contributed by atoms with E-state index < -0.39 is 0 Å². The minimum atomic E-state index is 0.226. The monoisotopic (exact) mass is 206 g/mol. The smallest absolute Gasteiger partial charge is 0.146 e. The first-order chi connectivity index (χ1) is 7.27. The fourth-order valence-electron chi connectivity index (χ4n) is 1.33. The maximum atomic E-state index is 3.99. The Labute approximate surface area is 87.7 Å². The van der Waals surface area contributed by atoms with E-state index in [1.165, 1.54) is 0 Å². The molecule has 0 aliphatic rings. The lowest BCUT2D eigenvalue weighted by Crippen LogP contribution is -2.20. The molecule has 0 spiro atoms. The summed E-state index contributed by atoms with van der Waals surface area (Å²) in [6.45, 7) is 2.76. The highest BCUT2D eigenvalue weighted by atomic mass is 15.3. The van der Waals surface area contributed by atoms with Gasteiger partial charge in [-0.25, -0.2) is 0 Å². The second-order valence-corrected chi connectivity index (χ2v) is 3.47. The van der Waals surface area contributed by atoms with E-state index >= 15 is 0 Å². The third-order valence-electron chi connectivity index (χ3n) is 2.36. The molecule has 0 bridgehead atoms. The van der Waals surface area contributed by atoms with Crippen LogP contribution in [0.3, 0.4) is 0 Å². The molecule has 0 amide bonds. The summed E-state index contributed by atoms with van der Waals surface area (Å²) in [5.41, 5.74) is 1.07. The molecule has 0 saturated heterocycles. The minimum absolute atomic E-state index is 0.226. The van der Waals surface area contributed by atoms with Crippen molar-refractivity contribution < 1.29 is 0 Å². The van der Waals surface area contributed by atoms with Crippen LogP contribution in [0.5, 0.6) is 0 Å². The van der Waals surface area contributed by atoms with Crippen LogP contribution in [0.1, 0.15) is 24.5 Å². The fraction of sp³-hybridized carbons (Fsp3) is 0.444. The average molecular weight is 206 g/mol. The van der Waals surface area contributed by atoms with Crippen LogP contribution in [0.15, 0.2) is 18.6 Å². The van der Waals surface area contributed by atoms with Crippen molar-refractivity contribution in [2.75, 3.05) is 0 Å². The predicted octanol–water partition coefficient (Wildman–Crippen LogP) is 0.389. The molecule has 0 aromatic carbocycles. The maximum Gasteiger partial charge on any atom is 0.146 e. The maximum absolute atomic E-state index is 3.99. The van der Waals surface area contributed by atoms with Gasteiger partial charge in [-0.15, -0.1) is 10.2 Å². The number of hydrogen-bond donors (Lipinski definition) is 2. The second kappa shape index (κ2) is 4.22. The number of aryl methyl sites for hydroxylation is 1. The summed E-state index contributed by atoms with van der Waals surface area (Å²) in [4.78, 5) is 0. The zero-order valence-corrected chi connectivity index (χ0v) is 8.81.